The molecule has 1 heterocycles. The van der Waals surface area contributed by atoms with Crippen molar-refractivity contribution < 1.29 is 14.6 Å². The van der Waals surface area contributed by atoms with E-state index < -0.39 is 0 Å². The van der Waals surface area contributed by atoms with Gasteiger partial charge in [-0.2, -0.15) is 0 Å². The predicted octanol–water partition coefficient (Wildman–Crippen LogP) is 2.35. The average molecular weight is 279 g/mol. The second-order valence-electron chi connectivity index (χ2n) is 6.07. The molecule has 0 bridgehead atoms. The standard InChI is InChI=1S/C16H25NO3/c1-16(2,6-3-7-18)12-17-11-13-4-5-14-15(10-13)20-9-8-19-14/h4-5,10,17-18H,3,6-9,11-12H2,1-2H3. The van der Waals surface area contributed by atoms with E-state index in [1.807, 2.05) is 12.1 Å². The van der Waals surface area contributed by atoms with Gasteiger partial charge in [0.25, 0.3) is 0 Å². The molecule has 112 valence electrons. The minimum atomic E-state index is 0.205. The van der Waals surface area contributed by atoms with Gasteiger partial charge >= 0.3 is 0 Å². The van der Waals surface area contributed by atoms with Crippen LogP contribution in [0.2, 0.25) is 0 Å². The Labute approximate surface area is 121 Å². The van der Waals surface area contributed by atoms with Gasteiger partial charge in [0.2, 0.25) is 0 Å². The second kappa shape index (κ2) is 6.95. The van der Waals surface area contributed by atoms with Crippen LogP contribution in [0.25, 0.3) is 0 Å². The summed E-state index contributed by atoms with van der Waals surface area (Å²) in [7, 11) is 0. The van der Waals surface area contributed by atoms with Crippen molar-refractivity contribution >= 4 is 0 Å². The number of ether oxygens (including phenoxy) is 2. The topological polar surface area (TPSA) is 50.7 Å². The van der Waals surface area contributed by atoms with E-state index in [4.69, 9.17) is 14.6 Å². The fourth-order valence-corrected chi connectivity index (χ4v) is 2.39. The number of rotatable bonds is 7. The maximum atomic E-state index is 8.90. The lowest BCUT2D eigenvalue weighted by Gasteiger charge is -2.25. The quantitative estimate of drug-likeness (QED) is 0.804. The van der Waals surface area contributed by atoms with Crippen LogP contribution in [-0.2, 0) is 6.54 Å². The SMILES string of the molecule is CC(C)(CCCO)CNCc1ccc2c(c1)OCCO2. The Balaban J connectivity index is 1.82. The molecule has 2 rings (SSSR count). The molecule has 20 heavy (non-hydrogen) atoms. The molecular weight excluding hydrogens is 254 g/mol. The number of aliphatic hydroxyl groups excluding tert-OH is 1. The highest BCUT2D eigenvalue weighted by Gasteiger charge is 2.17. The Bertz CT molecular complexity index is 432. The Kier molecular flexibility index (Phi) is 5.26. The summed E-state index contributed by atoms with van der Waals surface area (Å²) in [6.07, 6.45) is 1.89. The highest BCUT2D eigenvalue weighted by Crippen LogP contribution is 2.30. The first-order valence-electron chi connectivity index (χ1n) is 7.31. The lowest BCUT2D eigenvalue weighted by atomic mass is 9.88. The van der Waals surface area contributed by atoms with Crippen molar-refractivity contribution in [3.05, 3.63) is 23.8 Å². The molecule has 1 aromatic carbocycles. The Morgan fingerprint density at radius 3 is 2.70 bits per heavy atom. The first-order chi connectivity index (χ1) is 9.61. The molecule has 2 N–H and O–H groups in total. The van der Waals surface area contributed by atoms with Gasteiger partial charge in [0.15, 0.2) is 11.5 Å². The minimum absolute atomic E-state index is 0.205. The van der Waals surface area contributed by atoms with Crippen molar-refractivity contribution in [2.75, 3.05) is 26.4 Å². The van der Waals surface area contributed by atoms with E-state index >= 15 is 0 Å². The second-order valence-corrected chi connectivity index (χ2v) is 6.07. The van der Waals surface area contributed by atoms with Gasteiger partial charge in [0.05, 0.1) is 0 Å². The van der Waals surface area contributed by atoms with E-state index in [2.05, 4.69) is 25.2 Å². The van der Waals surface area contributed by atoms with Crippen molar-refractivity contribution in [2.45, 2.75) is 33.2 Å². The fraction of sp³-hybridized carbons (Fsp3) is 0.625. The van der Waals surface area contributed by atoms with Crippen LogP contribution in [0.1, 0.15) is 32.3 Å². The van der Waals surface area contributed by atoms with Gasteiger partial charge in [-0.3, -0.25) is 0 Å². The van der Waals surface area contributed by atoms with Gasteiger partial charge in [-0.15, -0.1) is 0 Å². The summed E-state index contributed by atoms with van der Waals surface area (Å²) in [5.41, 5.74) is 1.41. The summed E-state index contributed by atoms with van der Waals surface area (Å²) < 4.78 is 11.1. The zero-order valence-corrected chi connectivity index (χ0v) is 12.4. The summed E-state index contributed by atoms with van der Waals surface area (Å²) in [6.45, 7) is 7.72. The average Bonchev–Trinajstić information content (AvgIpc) is 2.45. The van der Waals surface area contributed by atoms with Crippen molar-refractivity contribution in [2.24, 2.45) is 5.41 Å². The summed E-state index contributed by atoms with van der Waals surface area (Å²) in [6, 6.07) is 6.09. The molecule has 1 aromatic rings. The first kappa shape index (κ1) is 15.1. The van der Waals surface area contributed by atoms with E-state index in [9.17, 15) is 0 Å². The van der Waals surface area contributed by atoms with E-state index in [0.29, 0.717) is 13.2 Å². The lowest BCUT2D eigenvalue weighted by Crippen LogP contribution is -2.29. The molecule has 4 heteroatoms. The highest BCUT2D eigenvalue weighted by molar-refractivity contribution is 5.43. The van der Waals surface area contributed by atoms with Crippen LogP contribution < -0.4 is 14.8 Å². The fourth-order valence-electron chi connectivity index (χ4n) is 2.39. The van der Waals surface area contributed by atoms with Crippen molar-refractivity contribution in [1.82, 2.24) is 5.32 Å². The van der Waals surface area contributed by atoms with Gasteiger partial charge in [-0.25, -0.2) is 0 Å². The number of nitrogens with one attached hydrogen (secondary N) is 1. The van der Waals surface area contributed by atoms with Gasteiger partial charge < -0.3 is 19.9 Å². The number of benzene rings is 1. The Morgan fingerprint density at radius 1 is 1.20 bits per heavy atom. The summed E-state index contributed by atoms with van der Waals surface area (Å²) in [5.74, 6) is 1.68. The van der Waals surface area contributed by atoms with Gasteiger partial charge in [0, 0.05) is 19.7 Å². The largest absolute Gasteiger partial charge is 0.486 e. The summed E-state index contributed by atoms with van der Waals surface area (Å²) >= 11 is 0. The lowest BCUT2D eigenvalue weighted by molar-refractivity contribution is 0.171. The number of hydrogen-bond acceptors (Lipinski definition) is 4. The normalized spacial score (nSPS) is 14.3. The molecule has 1 aliphatic heterocycles. The molecule has 0 fully saturated rings. The summed E-state index contributed by atoms with van der Waals surface area (Å²) in [5, 5.41) is 12.4. The van der Waals surface area contributed by atoms with Gasteiger partial charge in [-0.1, -0.05) is 19.9 Å². The molecule has 0 saturated heterocycles. The highest BCUT2D eigenvalue weighted by atomic mass is 16.6. The molecule has 0 radical (unpaired) electrons. The third kappa shape index (κ3) is 4.39. The molecule has 0 aromatic heterocycles. The van der Waals surface area contributed by atoms with Crippen LogP contribution in [0.5, 0.6) is 11.5 Å². The molecule has 0 atom stereocenters. The van der Waals surface area contributed by atoms with E-state index in [-0.39, 0.29) is 12.0 Å². The summed E-state index contributed by atoms with van der Waals surface area (Å²) in [4.78, 5) is 0. The van der Waals surface area contributed by atoms with Crippen LogP contribution in [-0.4, -0.2) is 31.5 Å². The van der Waals surface area contributed by atoms with Crippen molar-refractivity contribution in [3.63, 3.8) is 0 Å². The van der Waals surface area contributed by atoms with E-state index in [1.165, 1.54) is 5.56 Å². The van der Waals surface area contributed by atoms with Gasteiger partial charge in [-0.05, 0) is 36.0 Å². The van der Waals surface area contributed by atoms with Crippen LogP contribution in [0.4, 0.5) is 0 Å². The zero-order chi connectivity index (χ0) is 14.4. The smallest absolute Gasteiger partial charge is 0.161 e. The maximum absolute atomic E-state index is 8.90. The van der Waals surface area contributed by atoms with Crippen LogP contribution in [0.3, 0.4) is 0 Å². The molecule has 0 unspecified atom stereocenters. The van der Waals surface area contributed by atoms with E-state index in [0.717, 1.165) is 37.4 Å². The minimum Gasteiger partial charge on any atom is -0.486 e. The molecular formula is C16H25NO3. The molecule has 0 aliphatic carbocycles. The van der Waals surface area contributed by atoms with Crippen molar-refractivity contribution in [1.29, 1.82) is 0 Å². The van der Waals surface area contributed by atoms with Gasteiger partial charge in [0.1, 0.15) is 13.2 Å². The van der Waals surface area contributed by atoms with Crippen LogP contribution in [0.15, 0.2) is 18.2 Å². The third-order valence-electron chi connectivity index (χ3n) is 3.55. The molecule has 4 nitrogen and oxygen atoms in total. The van der Waals surface area contributed by atoms with Crippen LogP contribution in [0, 0.1) is 5.41 Å². The molecule has 1 aliphatic rings. The number of aliphatic hydroxyl groups is 1. The zero-order valence-electron chi connectivity index (χ0n) is 12.4. The molecule has 0 spiro atoms. The van der Waals surface area contributed by atoms with E-state index in [1.54, 1.807) is 0 Å². The number of hydrogen-bond donors (Lipinski definition) is 2. The van der Waals surface area contributed by atoms with Crippen LogP contribution >= 0.6 is 0 Å². The Morgan fingerprint density at radius 2 is 1.95 bits per heavy atom. The monoisotopic (exact) mass is 279 g/mol. The predicted molar refractivity (Wildman–Crippen MR) is 79.2 cm³/mol. The molecule has 0 amide bonds. The first-order valence-corrected chi connectivity index (χ1v) is 7.31. The maximum Gasteiger partial charge on any atom is 0.161 e. The van der Waals surface area contributed by atoms with Crippen molar-refractivity contribution in [3.8, 4) is 11.5 Å². The third-order valence-corrected chi connectivity index (χ3v) is 3.55. The Hall–Kier alpha value is -1.26. The number of fused-ring (bicyclic) bond motifs is 1. The molecule has 0 saturated carbocycles.